The molecule has 0 aliphatic heterocycles. The van der Waals surface area contributed by atoms with E-state index in [0.29, 0.717) is 18.1 Å². The number of aromatic amines is 1. The second kappa shape index (κ2) is 9.89. The molecule has 4 rings (SSSR count). The van der Waals surface area contributed by atoms with Crippen LogP contribution in [0.2, 0.25) is 5.02 Å². The number of hydrazone groups is 1. The number of benzene rings is 3. The number of amides is 1. The molecule has 4 aromatic rings. The van der Waals surface area contributed by atoms with Crippen LogP contribution in [0.15, 0.2) is 84.0 Å². The third-order valence-electron chi connectivity index (χ3n) is 4.56. The topological polar surface area (TPSA) is 79.4 Å². The Hall–Kier alpha value is -3.97. The molecule has 0 bridgehead atoms. The van der Waals surface area contributed by atoms with E-state index in [0.717, 1.165) is 17.3 Å². The van der Waals surface area contributed by atoms with Gasteiger partial charge in [0.1, 0.15) is 23.9 Å². The predicted molar refractivity (Wildman–Crippen MR) is 121 cm³/mol. The highest BCUT2D eigenvalue weighted by molar-refractivity contribution is 6.33. The van der Waals surface area contributed by atoms with Crippen LogP contribution in [-0.4, -0.2) is 22.3 Å². The van der Waals surface area contributed by atoms with Crippen molar-refractivity contribution in [1.29, 1.82) is 0 Å². The van der Waals surface area contributed by atoms with Gasteiger partial charge in [0.15, 0.2) is 0 Å². The Kier molecular flexibility index (Phi) is 6.57. The van der Waals surface area contributed by atoms with E-state index in [4.69, 9.17) is 16.3 Å². The lowest BCUT2D eigenvalue weighted by molar-refractivity contribution is 0.0950. The number of H-pyrrole nitrogens is 1. The Balaban J connectivity index is 1.41. The van der Waals surface area contributed by atoms with E-state index in [-0.39, 0.29) is 16.3 Å². The van der Waals surface area contributed by atoms with Crippen LogP contribution in [0.3, 0.4) is 0 Å². The molecule has 3 aromatic carbocycles. The van der Waals surface area contributed by atoms with Crippen molar-refractivity contribution >= 4 is 23.7 Å². The quantitative estimate of drug-likeness (QED) is 0.301. The Morgan fingerprint density at radius 2 is 1.91 bits per heavy atom. The minimum atomic E-state index is -0.534. The van der Waals surface area contributed by atoms with E-state index in [1.54, 1.807) is 6.07 Å². The van der Waals surface area contributed by atoms with Crippen molar-refractivity contribution in [2.45, 2.75) is 6.61 Å². The first-order valence-corrected chi connectivity index (χ1v) is 10.1. The normalized spacial score (nSPS) is 10.9. The largest absolute Gasteiger partial charge is 0.489 e. The number of hydrogen-bond donors (Lipinski definition) is 2. The Bertz CT molecular complexity index is 1240. The van der Waals surface area contributed by atoms with E-state index in [1.807, 2.05) is 54.6 Å². The number of carbonyl (C=O) groups excluding carboxylic acids is 1. The Labute approximate surface area is 188 Å². The van der Waals surface area contributed by atoms with Crippen LogP contribution in [0, 0.1) is 5.82 Å². The summed E-state index contributed by atoms with van der Waals surface area (Å²) in [6.07, 6.45) is 1.15. The van der Waals surface area contributed by atoms with Crippen LogP contribution >= 0.6 is 11.6 Å². The van der Waals surface area contributed by atoms with Crippen molar-refractivity contribution in [1.82, 2.24) is 15.6 Å². The summed E-state index contributed by atoms with van der Waals surface area (Å²) in [6, 6.07) is 23.2. The third-order valence-corrected chi connectivity index (χ3v) is 4.89. The molecule has 1 heterocycles. The summed E-state index contributed by atoms with van der Waals surface area (Å²) >= 11 is 5.93. The Morgan fingerprint density at radius 3 is 2.72 bits per heavy atom. The lowest BCUT2D eigenvalue weighted by atomic mass is 10.1. The minimum Gasteiger partial charge on any atom is -0.489 e. The SMILES string of the molecule is O=C(N/N=C\c1c(F)cccc1Cl)c1cc(-c2cccc(OCc3ccccc3)c2)n[nH]1. The van der Waals surface area contributed by atoms with Crippen LogP contribution in [0.5, 0.6) is 5.75 Å². The van der Waals surface area contributed by atoms with Gasteiger partial charge in [-0.3, -0.25) is 9.89 Å². The van der Waals surface area contributed by atoms with Gasteiger partial charge in [-0.1, -0.05) is 60.1 Å². The molecule has 0 saturated carbocycles. The van der Waals surface area contributed by atoms with E-state index >= 15 is 0 Å². The van der Waals surface area contributed by atoms with Crippen LogP contribution < -0.4 is 10.2 Å². The minimum absolute atomic E-state index is 0.0899. The van der Waals surface area contributed by atoms with Gasteiger partial charge in [0.05, 0.1) is 16.9 Å². The number of aromatic nitrogens is 2. The number of nitrogens with one attached hydrogen (secondary N) is 2. The van der Waals surface area contributed by atoms with Crippen LogP contribution in [0.1, 0.15) is 21.6 Å². The zero-order valence-electron chi connectivity index (χ0n) is 16.8. The number of halogens is 2. The molecule has 1 amide bonds. The number of carbonyl (C=O) groups is 1. The highest BCUT2D eigenvalue weighted by Crippen LogP contribution is 2.23. The lowest BCUT2D eigenvalue weighted by Gasteiger charge is -2.07. The van der Waals surface area contributed by atoms with Gasteiger partial charge in [-0.15, -0.1) is 0 Å². The molecular weight excluding hydrogens is 431 g/mol. The van der Waals surface area contributed by atoms with Gasteiger partial charge < -0.3 is 4.74 Å². The van der Waals surface area contributed by atoms with Crippen molar-refractivity contribution in [3.8, 4) is 17.0 Å². The van der Waals surface area contributed by atoms with E-state index < -0.39 is 11.7 Å². The first-order valence-electron chi connectivity index (χ1n) is 9.70. The fourth-order valence-electron chi connectivity index (χ4n) is 2.92. The maximum atomic E-state index is 13.8. The molecule has 8 heteroatoms. The maximum Gasteiger partial charge on any atom is 0.289 e. The molecule has 0 unspecified atom stereocenters. The number of hydrogen-bond acceptors (Lipinski definition) is 4. The average molecular weight is 449 g/mol. The summed E-state index contributed by atoms with van der Waals surface area (Å²) in [4.78, 5) is 12.3. The number of rotatable bonds is 7. The zero-order chi connectivity index (χ0) is 22.3. The summed E-state index contributed by atoms with van der Waals surface area (Å²) in [6.45, 7) is 0.447. The summed E-state index contributed by atoms with van der Waals surface area (Å²) in [7, 11) is 0. The van der Waals surface area contributed by atoms with Gasteiger partial charge in [0.2, 0.25) is 0 Å². The predicted octanol–water partition coefficient (Wildman–Crippen LogP) is 5.21. The zero-order valence-corrected chi connectivity index (χ0v) is 17.5. The lowest BCUT2D eigenvalue weighted by Crippen LogP contribution is -2.18. The summed E-state index contributed by atoms with van der Waals surface area (Å²) < 4.78 is 19.6. The van der Waals surface area contributed by atoms with E-state index in [2.05, 4.69) is 20.7 Å². The smallest absolute Gasteiger partial charge is 0.289 e. The molecule has 1 aromatic heterocycles. The van der Waals surface area contributed by atoms with Crippen molar-refractivity contribution in [3.63, 3.8) is 0 Å². The van der Waals surface area contributed by atoms with Crippen molar-refractivity contribution in [2.24, 2.45) is 5.10 Å². The van der Waals surface area contributed by atoms with E-state index in [9.17, 15) is 9.18 Å². The molecule has 0 aliphatic rings. The number of nitrogens with zero attached hydrogens (tertiary/aromatic N) is 2. The fraction of sp³-hybridized carbons (Fsp3) is 0.0417. The fourth-order valence-corrected chi connectivity index (χ4v) is 3.13. The van der Waals surface area contributed by atoms with E-state index in [1.165, 1.54) is 18.2 Å². The standard InChI is InChI=1S/C24H18ClFN4O2/c25-20-10-5-11-21(26)19(20)14-27-30-24(31)23-13-22(28-29-23)17-8-4-9-18(12-17)32-15-16-6-2-1-3-7-16/h1-14H,15H2,(H,28,29)(H,30,31)/b27-14-. The monoisotopic (exact) mass is 448 g/mol. The first-order chi connectivity index (χ1) is 15.6. The summed E-state index contributed by atoms with van der Waals surface area (Å²) in [5, 5.41) is 10.8. The molecule has 2 N–H and O–H groups in total. The van der Waals surface area contributed by atoms with Crippen LogP contribution in [0.4, 0.5) is 4.39 Å². The van der Waals surface area contributed by atoms with Crippen molar-refractivity contribution in [3.05, 3.63) is 107 Å². The molecule has 32 heavy (non-hydrogen) atoms. The second-order valence-corrected chi connectivity index (χ2v) is 7.21. The van der Waals surface area contributed by atoms with Gasteiger partial charge in [0, 0.05) is 11.1 Å². The Morgan fingerprint density at radius 1 is 1.09 bits per heavy atom. The third kappa shape index (κ3) is 5.19. The average Bonchev–Trinajstić information content (AvgIpc) is 3.31. The van der Waals surface area contributed by atoms with Crippen molar-refractivity contribution in [2.75, 3.05) is 0 Å². The molecule has 6 nitrogen and oxygen atoms in total. The molecule has 0 atom stereocenters. The summed E-state index contributed by atoms with van der Waals surface area (Å²) in [5.41, 5.74) is 5.04. The van der Waals surface area contributed by atoms with Gasteiger partial charge in [-0.25, -0.2) is 9.82 Å². The van der Waals surface area contributed by atoms with Crippen LogP contribution in [-0.2, 0) is 6.61 Å². The number of ether oxygens (including phenoxy) is 1. The van der Waals surface area contributed by atoms with Gasteiger partial charge in [-0.2, -0.15) is 10.2 Å². The molecule has 0 aliphatic carbocycles. The second-order valence-electron chi connectivity index (χ2n) is 6.80. The summed E-state index contributed by atoms with van der Waals surface area (Å²) in [5.74, 6) is -0.371. The molecule has 160 valence electrons. The molecule has 0 saturated heterocycles. The van der Waals surface area contributed by atoms with Crippen molar-refractivity contribution < 1.29 is 13.9 Å². The van der Waals surface area contributed by atoms with Gasteiger partial charge in [0.25, 0.3) is 5.91 Å². The highest BCUT2D eigenvalue weighted by Gasteiger charge is 2.11. The highest BCUT2D eigenvalue weighted by atomic mass is 35.5. The van der Waals surface area contributed by atoms with Gasteiger partial charge >= 0.3 is 0 Å². The van der Waals surface area contributed by atoms with Crippen LogP contribution in [0.25, 0.3) is 11.3 Å². The molecule has 0 radical (unpaired) electrons. The molecular formula is C24H18ClFN4O2. The molecule has 0 spiro atoms. The molecule has 0 fully saturated rings. The maximum absolute atomic E-state index is 13.8. The first kappa shape index (κ1) is 21.3. The van der Waals surface area contributed by atoms with Gasteiger partial charge in [-0.05, 0) is 35.9 Å².